The highest BCUT2D eigenvalue weighted by Gasteiger charge is 2.46. The van der Waals surface area contributed by atoms with Crippen molar-refractivity contribution in [2.45, 2.75) is 57.3 Å². The summed E-state index contributed by atoms with van der Waals surface area (Å²) in [4.78, 5) is 16.3. The number of carbonyl (C=O) groups is 1. The first-order valence-corrected chi connectivity index (χ1v) is 13.5. The number of nitrogens with one attached hydrogen (secondary N) is 2. The van der Waals surface area contributed by atoms with Gasteiger partial charge < -0.3 is 9.29 Å². The Morgan fingerprint density at radius 1 is 1.17 bits per heavy atom. The van der Waals surface area contributed by atoms with Crippen LogP contribution in [0.4, 0.5) is 18.9 Å². The van der Waals surface area contributed by atoms with E-state index >= 15 is 0 Å². The summed E-state index contributed by atoms with van der Waals surface area (Å²) in [5, 5.41) is 0.0568. The number of esters is 1. The molecule has 0 saturated carbocycles. The van der Waals surface area contributed by atoms with Crippen molar-refractivity contribution >= 4 is 44.6 Å². The number of aromatic nitrogens is 1. The molecule has 2 aromatic rings. The standard InChI is InChI=1S/C22H27ClF3N3O5S2/c1-12-7-15(29-36(32,33)22(24,25)26)8-13(2)20(12)14-9-16(27-18(23)10-14)17(11-19(30)34-6)28-35(31)21(3,4)5/h7-10,17,28-29H,11H2,1-6H3/t17-,35+/m0/s1. The maximum absolute atomic E-state index is 12.8. The summed E-state index contributed by atoms with van der Waals surface area (Å²) in [6.45, 7) is 8.46. The van der Waals surface area contributed by atoms with Gasteiger partial charge in [-0.05, 0) is 81.1 Å². The van der Waals surface area contributed by atoms with Gasteiger partial charge in [0, 0.05) is 17.0 Å². The van der Waals surface area contributed by atoms with E-state index in [1.54, 1.807) is 40.7 Å². The molecule has 36 heavy (non-hydrogen) atoms. The van der Waals surface area contributed by atoms with Crippen LogP contribution in [0.15, 0.2) is 24.3 Å². The second-order valence-electron chi connectivity index (χ2n) is 8.97. The van der Waals surface area contributed by atoms with E-state index in [4.69, 9.17) is 16.3 Å². The number of alkyl halides is 3. The minimum Gasteiger partial charge on any atom is -0.598 e. The van der Waals surface area contributed by atoms with Crippen LogP contribution in [0.3, 0.4) is 0 Å². The predicted molar refractivity (Wildman–Crippen MR) is 133 cm³/mol. The second-order valence-corrected chi connectivity index (χ2v) is 13.0. The monoisotopic (exact) mass is 569 g/mol. The number of halogens is 4. The molecule has 0 fully saturated rings. The molecule has 0 bridgehead atoms. The van der Waals surface area contributed by atoms with Gasteiger partial charge >= 0.3 is 21.5 Å². The number of benzene rings is 1. The summed E-state index contributed by atoms with van der Waals surface area (Å²) in [5.74, 6) is -0.574. The molecule has 0 unspecified atom stereocenters. The van der Waals surface area contributed by atoms with Gasteiger partial charge in [0.05, 0.1) is 19.2 Å². The van der Waals surface area contributed by atoms with Crippen LogP contribution < -0.4 is 9.44 Å². The average Bonchev–Trinajstić information content (AvgIpc) is 2.70. The Morgan fingerprint density at radius 3 is 2.19 bits per heavy atom. The Morgan fingerprint density at radius 2 is 1.72 bits per heavy atom. The van der Waals surface area contributed by atoms with Crippen LogP contribution in [0.25, 0.3) is 11.1 Å². The minimum atomic E-state index is -5.59. The number of ether oxygens (including phenoxy) is 1. The lowest BCUT2D eigenvalue weighted by Crippen LogP contribution is -2.42. The predicted octanol–water partition coefficient (Wildman–Crippen LogP) is 4.94. The van der Waals surface area contributed by atoms with E-state index in [1.807, 2.05) is 0 Å². The van der Waals surface area contributed by atoms with Crippen molar-refractivity contribution < 1.29 is 35.7 Å². The molecular weight excluding hydrogens is 543 g/mol. The molecule has 0 aliphatic rings. The molecule has 0 aliphatic heterocycles. The van der Waals surface area contributed by atoms with Gasteiger partial charge in [0.25, 0.3) is 0 Å². The molecule has 0 saturated heterocycles. The highest BCUT2D eigenvalue weighted by atomic mass is 35.5. The van der Waals surface area contributed by atoms with Gasteiger partial charge in [-0.2, -0.15) is 21.6 Å². The molecule has 14 heteroatoms. The molecule has 1 aromatic carbocycles. The maximum atomic E-state index is 12.8. The fraction of sp³-hybridized carbons (Fsp3) is 0.455. The molecule has 0 amide bonds. The number of anilines is 1. The Hall–Kier alpha value is -2.06. The van der Waals surface area contributed by atoms with Crippen LogP contribution in [0.1, 0.15) is 50.1 Å². The molecule has 0 aliphatic carbocycles. The number of aryl methyl sites for hydroxylation is 2. The largest absolute Gasteiger partial charge is 0.598 e. The van der Waals surface area contributed by atoms with Crippen molar-refractivity contribution in [1.29, 1.82) is 0 Å². The number of hydrogen-bond donors (Lipinski definition) is 2. The van der Waals surface area contributed by atoms with Crippen molar-refractivity contribution in [2.24, 2.45) is 0 Å². The Kier molecular flexibility index (Phi) is 9.33. The molecule has 200 valence electrons. The van der Waals surface area contributed by atoms with Crippen molar-refractivity contribution in [1.82, 2.24) is 9.71 Å². The Balaban J connectivity index is 2.55. The van der Waals surface area contributed by atoms with Crippen molar-refractivity contribution in [3.05, 3.63) is 46.2 Å². The van der Waals surface area contributed by atoms with E-state index in [2.05, 4.69) is 9.71 Å². The first-order valence-electron chi connectivity index (χ1n) is 10.5. The van der Waals surface area contributed by atoms with Gasteiger partial charge in [-0.25, -0.2) is 4.98 Å². The topological polar surface area (TPSA) is 120 Å². The Bertz CT molecular complexity index is 1210. The number of methoxy groups -OCH3 is 1. The normalized spacial score (nSPS) is 14.3. The lowest BCUT2D eigenvalue weighted by atomic mass is 9.94. The number of hydrogen-bond acceptors (Lipinski definition) is 7. The van der Waals surface area contributed by atoms with Crippen molar-refractivity contribution in [2.75, 3.05) is 11.8 Å². The molecule has 0 radical (unpaired) electrons. The lowest BCUT2D eigenvalue weighted by Gasteiger charge is -2.27. The first kappa shape index (κ1) is 30.2. The van der Waals surface area contributed by atoms with Gasteiger partial charge in [-0.3, -0.25) is 9.52 Å². The maximum Gasteiger partial charge on any atom is 0.516 e. The summed E-state index contributed by atoms with van der Waals surface area (Å²) < 4.78 is 82.6. The number of nitrogens with zero attached hydrogens (tertiary/aromatic N) is 1. The third kappa shape index (κ3) is 7.48. The van der Waals surface area contributed by atoms with E-state index in [-0.39, 0.29) is 17.3 Å². The van der Waals surface area contributed by atoms with E-state index in [0.29, 0.717) is 27.9 Å². The molecule has 1 heterocycles. The van der Waals surface area contributed by atoms with E-state index in [1.165, 1.54) is 30.0 Å². The molecule has 1 aromatic heterocycles. The van der Waals surface area contributed by atoms with Gasteiger partial charge in [-0.15, -0.1) is 4.72 Å². The third-order valence-electron chi connectivity index (χ3n) is 4.95. The lowest BCUT2D eigenvalue weighted by molar-refractivity contribution is -0.141. The second kappa shape index (κ2) is 11.1. The van der Waals surface area contributed by atoms with Gasteiger partial charge in [0.2, 0.25) is 0 Å². The van der Waals surface area contributed by atoms with Crippen LogP contribution in [-0.4, -0.2) is 41.3 Å². The Labute approximate surface area is 216 Å². The fourth-order valence-corrected chi connectivity index (χ4v) is 4.87. The summed E-state index contributed by atoms with van der Waals surface area (Å²) in [6, 6.07) is 4.84. The van der Waals surface area contributed by atoms with Crippen LogP contribution in [0.2, 0.25) is 5.15 Å². The summed E-state index contributed by atoms with van der Waals surface area (Å²) in [7, 11) is -4.37. The number of rotatable bonds is 8. The van der Waals surface area contributed by atoms with E-state index in [0.717, 1.165) is 0 Å². The van der Waals surface area contributed by atoms with Crippen LogP contribution in [0, 0.1) is 13.8 Å². The summed E-state index contributed by atoms with van der Waals surface area (Å²) in [6.07, 6.45) is -0.193. The van der Waals surface area contributed by atoms with Gasteiger partial charge in [0.15, 0.2) is 0 Å². The number of carbonyl (C=O) groups excluding carboxylic acids is 1. The highest BCUT2D eigenvalue weighted by molar-refractivity contribution is 7.93. The van der Waals surface area contributed by atoms with E-state index < -0.39 is 43.7 Å². The first-order chi connectivity index (χ1) is 16.4. The van der Waals surface area contributed by atoms with Crippen LogP contribution >= 0.6 is 11.6 Å². The minimum absolute atomic E-state index is 0.0568. The molecule has 0 spiro atoms. The van der Waals surface area contributed by atoms with Gasteiger partial charge in [-0.1, -0.05) is 11.6 Å². The van der Waals surface area contributed by atoms with Crippen LogP contribution in [-0.2, 0) is 30.9 Å². The molecular formula is C22H27ClF3N3O5S2. The fourth-order valence-electron chi connectivity index (χ4n) is 3.29. The number of pyridine rings is 1. The SMILES string of the molecule is COC(=O)C[C@H](N[S@+]([O-])C(C)(C)C)c1cc(-c2c(C)cc(NS(=O)(=O)C(F)(F)F)cc2C)cc(Cl)n1. The zero-order valence-electron chi connectivity index (χ0n) is 20.4. The van der Waals surface area contributed by atoms with Crippen molar-refractivity contribution in [3.63, 3.8) is 0 Å². The molecule has 8 nitrogen and oxygen atoms in total. The molecule has 2 atom stereocenters. The summed E-state index contributed by atoms with van der Waals surface area (Å²) >= 11 is 4.70. The third-order valence-corrected chi connectivity index (χ3v) is 7.87. The van der Waals surface area contributed by atoms with Gasteiger partial charge in [0.1, 0.15) is 15.9 Å². The van der Waals surface area contributed by atoms with Crippen LogP contribution in [0.5, 0.6) is 0 Å². The smallest absolute Gasteiger partial charge is 0.516 e. The highest BCUT2D eigenvalue weighted by Crippen LogP contribution is 2.35. The zero-order valence-corrected chi connectivity index (χ0v) is 22.8. The number of sulfonamides is 1. The molecule has 2 N–H and O–H groups in total. The zero-order chi connectivity index (χ0) is 27.6. The van der Waals surface area contributed by atoms with Crippen molar-refractivity contribution in [3.8, 4) is 11.1 Å². The molecule has 2 rings (SSSR count). The van der Waals surface area contributed by atoms with E-state index in [9.17, 15) is 30.9 Å². The average molecular weight is 570 g/mol. The quantitative estimate of drug-likeness (QED) is 0.262. The summed E-state index contributed by atoms with van der Waals surface area (Å²) in [5.41, 5.74) is -3.42.